The van der Waals surface area contributed by atoms with Gasteiger partial charge in [-0.1, -0.05) is 51.3 Å². The van der Waals surface area contributed by atoms with Crippen LogP contribution in [0.2, 0.25) is 5.02 Å². The molecule has 144 valence electrons. The molecule has 0 spiro atoms. The third-order valence-corrected chi connectivity index (χ3v) is 7.23. The number of thioether (sulfide) groups is 2. The van der Waals surface area contributed by atoms with E-state index >= 15 is 0 Å². The molecule has 1 atom stereocenters. The maximum Gasteiger partial charge on any atom is 0.0446 e. The lowest BCUT2D eigenvalue weighted by Gasteiger charge is -2.17. The number of aryl methyl sites for hydroxylation is 1. The topological polar surface area (TPSA) is 12.0 Å². The molecule has 2 rings (SSSR count). The van der Waals surface area contributed by atoms with Gasteiger partial charge >= 0.3 is 0 Å². The second kappa shape index (κ2) is 12.5. The zero-order chi connectivity index (χ0) is 18.7. The third-order valence-electron chi connectivity index (χ3n) is 4.19. The average Bonchev–Trinajstić information content (AvgIpc) is 3.03. The van der Waals surface area contributed by atoms with Crippen molar-refractivity contribution in [1.29, 1.82) is 0 Å². The minimum atomic E-state index is 0.527. The van der Waals surface area contributed by atoms with Crippen LogP contribution in [0.1, 0.15) is 58.4 Å². The zero-order valence-electron chi connectivity index (χ0n) is 16.7. The van der Waals surface area contributed by atoms with Crippen molar-refractivity contribution in [3.63, 3.8) is 0 Å². The van der Waals surface area contributed by atoms with E-state index in [1.54, 1.807) is 0 Å². The van der Waals surface area contributed by atoms with Crippen molar-refractivity contribution >= 4 is 35.1 Å². The van der Waals surface area contributed by atoms with Gasteiger partial charge in [0.1, 0.15) is 0 Å². The molecular formula is C21H36ClNS2. The monoisotopic (exact) mass is 401 g/mol. The van der Waals surface area contributed by atoms with E-state index in [4.69, 9.17) is 11.6 Å². The fourth-order valence-electron chi connectivity index (χ4n) is 2.58. The smallest absolute Gasteiger partial charge is 0.0446 e. The van der Waals surface area contributed by atoms with Gasteiger partial charge in [0.2, 0.25) is 0 Å². The Labute approximate surface area is 169 Å². The number of hydrogen-bond acceptors (Lipinski definition) is 3. The molecule has 25 heavy (non-hydrogen) atoms. The molecule has 0 amide bonds. The van der Waals surface area contributed by atoms with Crippen molar-refractivity contribution in [1.82, 2.24) is 5.32 Å². The quantitative estimate of drug-likeness (QED) is 0.491. The van der Waals surface area contributed by atoms with E-state index in [9.17, 15) is 0 Å². The molecule has 0 bridgehead atoms. The summed E-state index contributed by atoms with van der Waals surface area (Å²) >= 11 is 10.1. The number of benzene rings is 1. The van der Waals surface area contributed by atoms with Crippen LogP contribution in [0.5, 0.6) is 0 Å². The number of halogens is 1. The molecule has 0 saturated carbocycles. The zero-order valence-corrected chi connectivity index (χ0v) is 19.0. The van der Waals surface area contributed by atoms with Crippen molar-refractivity contribution in [3.05, 3.63) is 28.8 Å². The van der Waals surface area contributed by atoms with Gasteiger partial charge in [-0.05, 0) is 68.6 Å². The van der Waals surface area contributed by atoms with Crippen LogP contribution in [0.15, 0.2) is 23.1 Å². The summed E-state index contributed by atoms with van der Waals surface area (Å²) in [5.41, 5.74) is 1.69. The molecule has 4 heteroatoms. The average molecular weight is 402 g/mol. The lowest BCUT2D eigenvalue weighted by molar-refractivity contribution is 0.358. The van der Waals surface area contributed by atoms with Gasteiger partial charge in [-0.25, -0.2) is 0 Å². The summed E-state index contributed by atoms with van der Waals surface area (Å²) in [6.45, 7) is 10.1. The molecule has 1 aromatic rings. The highest BCUT2D eigenvalue weighted by atomic mass is 35.5. The van der Waals surface area contributed by atoms with Crippen LogP contribution in [-0.4, -0.2) is 30.3 Å². The molecule has 1 aliphatic heterocycles. The highest BCUT2D eigenvalue weighted by molar-refractivity contribution is 8.04. The number of unbranched alkanes of at least 4 members (excludes halogenated alkanes) is 2. The molecule has 1 unspecified atom stereocenters. The summed E-state index contributed by atoms with van der Waals surface area (Å²) in [7, 11) is 2.02. The second-order valence-electron chi connectivity index (χ2n) is 7.99. The molecular weight excluding hydrogens is 366 g/mol. The van der Waals surface area contributed by atoms with E-state index in [0.29, 0.717) is 5.41 Å². The van der Waals surface area contributed by atoms with E-state index in [0.717, 1.165) is 15.8 Å². The van der Waals surface area contributed by atoms with E-state index in [1.165, 1.54) is 55.1 Å². The summed E-state index contributed by atoms with van der Waals surface area (Å²) in [6.07, 6.45) is 6.77. The summed E-state index contributed by atoms with van der Waals surface area (Å²) in [4.78, 5) is 1.31. The minimum Gasteiger partial charge on any atom is -0.320 e. The Bertz CT molecular complexity index is 479. The van der Waals surface area contributed by atoms with Crippen molar-refractivity contribution in [2.24, 2.45) is 5.41 Å². The predicted octanol–water partition coefficient (Wildman–Crippen LogP) is 7.06. The van der Waals surface area contributed by atoms with Crippen molar-refractivity contribution in [3.8, 4) is 0 Å². The molecule has 1 aliphatic rings. The number of nitrogens with one attached hydrogen (secondary N) is 1. The van der Waals surface area contributed by atoms with Crippen LogP contribution in [0.3, 0.4) is 0 Å². The van der Waals surface area contributed by atoms with Crippen LogP contribution in [-0.2, 0) is 0 Å². The van der Waals surface area contributed by atoms with E-state index in [-0.39, 0.29) is 0 Å². The molecule has 1 aromatic carbocycles. The first-order valence-electron chi connectivity index (χ1n) is 9.47. The molecule has 1 nitrogen and oxygen atoms in total. The Hall–Kier alpha value is 0.170. The lowest BCUT2D eigenvalue weighted by Crippen LogP contribution is -2.08. The van der Waals surface area contributed by atoms with Crippen LogP contribution >= 0.6 is 35.1 Å². The highest BCUT2D eigenvalue weighted by Crippen LogP contribution is 2.34. The van der Waals surface area contributed by atoms with E-state index in [2.05, 4.69) is 56.0 Å². The Balaban J connectivity index is 0.000000260. The summed E-state index contributed by atoms with van der Waals surface area (Å²) in [6, 6.07) is 6.37. The fourth-order valence-corrected chi connectivity index (χ4v) is 5.53. The molecule has 1 heterocycles. The number of hydrogen-bond donors (Lipinski definition) is 1. The normalized spacial score (nSPS) is 17.3. The van der Waals surface area contributed by atoms with Gasteiger partial charge in [-0.2, -0.15) is 11.8 Å². The van der Waals surface area contributed by atoms with Crippen LogP contribution < -0.4 is 5.32 Å². The summed E-state index contributed by atoms with van der Waals surface area (Å²) in [5.74, 6) is 2.60. The van der Waals surface area contributed by atoms with Gasteiger partial charge in [0.05, 0.1) is 0 Å². The molecule has 1 saturated heterocycles. The van der Waals surface area contributed by atoms with Crippen LogP contribution in [0.25, 0.3) is 0 Å². The first-order chi connectivity index (χ1) is 11.8. The van der Waals surface area contributed by atoms with Crippen molar-refractivity contribution in [2.75, 3.05) is 25.1 Å². The summed E-state index contributed by atoms with van der Waals surface area (Å²) < 4.78 is 0. The van der Waals surface area contributed by atoms with Crippen molar-refractivity contribution < 1.29 is 0 Å². The van der Waals surface area contributed by atoms with Gasteiger partial charge in [0, 0.05) is 20.9 Å². The standard InChI is InChI=1S/C11H13ClS2.C10H23N/c1-8-2-3-9(6-11(8)12)14-10-4-5-13-7-10;1-10(2,3)8-6-5-7-9-11-4/h2-3,6,10H,4-5,7H2,1H3;11H,5-9H2,1-4H3. The van der Waals surface area contributed by atoms with E-state index < -0.39 is 0 Å². The SMILES string of the molecule is CNCCCCCC(C)(C)C.Cc1ccc(SC2CCSC2)cc1Cl. The minimum absolute atomic E-state index is 0.527. The summed E-state index contributed by atoms with van der Waals surface area (Å²) in [5, 5.41) is 4.85. The van der Waals surface area contributed by atoms with Crippen LogP contribution in [0, 0.1) is 12.3 Å². The molecule has 1 N–H and O–H groups in total. The largest absolute Gasteiger partial charge is 0.320 e. The first-order valence-corrected chi connectivity index (χ1v) is 11.9. The Morgan fingerprint density at radius 3 is 2.56 bits per heavy atom. The molecule has 0 aliphatic carbocycles. The van der Waals surface area contributed by atoms with Gasteiger partial charge in [-0.3, -0.25) is 0 Å². The maximum atomic E-state index is 6.08. The predicted molar refractivity (Wildman–Crippen MR) is 120 cm³/mol. The Kier molecular flexibility index (Phi) is 11.6. The highest BCUT2D eigenvalue weighted by Gasteiger charge is 2.16. The fraction of sp³-hybridized carbons (Fsp3) is 0.714. The van der Waals surface area contributed by atoms with Gasteiger partial charge in [-0.15, -0.1) is 11.8 Å². The molecule has 0 aromatic heterocycles. The Morgan fingerprint density at radius 1 is 1.24 bits per heavy atom. The lowest BCUT2D eigenvalue weighted by atomic mass is 9.89. The number of rotatable bonds is 7. The molecule has 1 fully saturated rings. The van der Waals surface area contributed by atoms with E-state index in [1.807, 2.05) is 25.7 Å². The Morgan fingerprint density at radius 2 is 2.00 bits per heavy atom. The van der Waals surface area contributed by atoms with Crippen molar-refractivity contribution in [2.45, 2.75) is 69.9 Å². The van der Waals surface area contributed by atoms with Gasteiger partial charge in [0.15, 0.2) is 0 Å². The van der Waals surface area contributed by atoms with Gasteiger partial charge in [0.25, 0.3) is 0 Å². The van der Waals surface area contributed by atoms with Crippen LogP contribution in [0.4, 0.5) is 0 Å². The third kappa shape index (κ3) is 11.5. The van der Waals surface area contributed by atoms with Gasteiger partial charge < -0.3 is 5.32 Å². The molecule has 0 radical (unpaired) electrons. The first kappa shape index (κ1) is 23.2. The maximum absolute atomic E-state index is 6.08. The second-order valence-corrected chi connectivity index (χ2v) is 10.9.